The average molecular weight is 197 g/mol. The molecule has 1 aromatic carbocycles. The number of phenolic OH excluding ortho intramolecular Hbond substituents is 1. The maximum absolute atomic E-state index is 13.1. The van der Waals surface area contributed by atoms with Crippen molar-refractivity contribution in [2.24, 2.45) is 0 Å². The summed E-state index contributed by atoms with van der Waals surface area (Å²) in [5.41, 5.74) is 0.283. The third-order valence-electron chi connectivity index (χ3n) is 1.86. The standard InChI is InChI=1S/C10H12FNO2/c1-3-12-10(14)7-5-8(11)6(2)4-9(7)13/h4-5,13H,3H2,1-2H3,(H,12,14). The summed E-state index contributed by atoms with van der Waals surface area (Å²) in [5, 5.41) is 11.9. The van der Waals surface area contributed by atoms with Gasteiger partial charge >= 0.3 is 0 Å². The Morgan fingerprint density at radius 3 is 2.79 bits per heavy atom. The van der Waals surface area contributed by atoms with Crippen molar-refractivity contribution in [1.29, 1.82) is 0 Å². The predicted octanol–water partition coefficient (Wildman–Crippen LogP) is 1.59. The number of benzene rings is 1. The maximum Gasteiger partial charge on any atom is 0.255 e. The lowest BCUT2D eigenvalue weighted by Crippen LogP contribution is -2.22. The van der Waals surface area contributed by atoms with E-state index < -0.39 is 11.7 Å². The van der Waals surface area contributed by atoms with Crippen molar-refractivity contribution in [3.05, 3.63) is 29.1 Å². The molecular formula is C10H12FNO2. The third-order valence-corrected chi connectivity index (χ3v) is 1.86. The van der Waals surface area contributed by atoms with Crippen LogP contribution < -0.4 is 5.32 Å². The maximum atomic E-state index is 13.1. The van der Waals surface area contributed by atoms with Gasteiger partial charge in [-0.1, -0.05) is 0 Å². The van der Waals surface area contributed by atoms with Crippen LogP contribution in [0, 0.1) is 12.7 Å². The van der Waals surface area contributed by atoms with E-state index in [-0.39, 0.29) is 11.3 Å². The van der Waals surface area contributed by atoms with Crippen LogP contribution >= 0.6 is 0 Å². The largest absolute Gasteiger partial charge is 0.507 e. The molecule has 0 radical (unpaired) electrons. The van der Waals surface area contributed by atoms with Gasteiger partial charge in [-0.05, 0) is 31.5 Å². The number of amides is 1. The van der Waals surface area contributed by atoms with Crippen LogP contribution in [0.2, 0.25) is 0 Å². The molecule has 3 nitrogen and oxygen atoms in total. The van der Waals surface area contributed by atoms with Gasteiger partial charge < -0.3 is 10.4 Å². The molecule has 0 saturated heterocycles. The van der Waals surface area contributed by atoms with Crippen LogP contribution in [0.3, 0.4) is 0 Å². The Morgan fingerprint density at radius 1 is 1.57 bits per heavy atom. The van der Waals surface area contributed by atoms with E-state index >= 15 is 0 Å². The van der Waals surface area contributed by atoms with Crippen LogP contribution in [0.4, 0.5) is 4.39 Å². The van der Waals surface area contributed by atoms with E-state index in [9.17, 15) is 14.3 Å². The van der Waals surface area contributed by atoms with Crippen LogP contribution in [0.5, 0.6) is 5.75 Å². The Bertz CT molecular complexity index is 363. The van der Waals surface area contributed by atoms with E-state index in [1.807, 2.05) is 0 Å². The molecule has 1 rings (SSSR count). The molecule has 2 N–H and O–H groups in total. The topological polar surface area (TPSA) is 49.3 Å². The molecule has 0 aliphatic heterocycles. The zero-order chi connectivity index (χ0) is 10.7. The number of carbonyl (C=O) groups is 1. The van der Waals surface area contributed by atoms with Crippen LogP contribution in [-0.2, 0) is 0 Å². The highest BCUT2D eigenvalue weighted by molar-refractivity contribution is 5.96. The van der Waals surface area contributed by atoms with Gasteiger partial charge in [-0.2, -0.15) is 0 Å². The van der Waals surface area contributed by atoms with Gasteiger partial charge in [0.1, 0.15) is 11.6 Å². The monoisotopic (exact) mass is 197 g/mol. The Labute approximate surface area is 81.6 Å². The molecule has 0 aliphatic carbocycles. The number of halogens is 1. The lowest BCUT2D eigenvalue weighted by atomic mass is 10.1. The fourth-order valence-corrected chi connectivity index (χ4v) is 1.10. The minimum atomic E-state index is -0.496. The summed E-state index contributed by atoms with van der Waals surface area (Å²) in [6.45, 7) is 3.71. The molecule has 0 unspecified atom stereocenters. The van der Waals surface area contributed by atoms with Crippen molar-refractivity contribution in [3.8, 4) is 5.75 Å². The Balaban J connectivity index is 3.09. The van der Waals surface area contributed by atoms with Gasteiger partial charge in [-0.25, -0.2) is 4.39 Å². The number of carbonyl (C=O) groups excluding carboxylic acids is 1. The molecule has 0 saturated carbocycles. The van der Waals surface area contributed by atoms with E-state index in [4.69, 9.17) is 0 Å². The lowest BCUT2D eigenvalue weighted by molar-refractivity contribution is 0.0952. The fraction of sp³-hybridized carbons (Fsp3) is 0.300. The first-order valence-electron chi connectivity index (χ1n) is 4.33. The molecule has 14 heavy (non-hydrogen) atoms. The average Bonchev–Trinajstić information content (AvgIpc) is 2.11. The predicted molar refractivity (Wildman–Crippen MR) is 50.8 cm³/mol. The second-order valence-electron chi connectivity index (χ2n) is 2.98. The Kier molecular flexibility index (Phi) is 3.06. The number of hydrogen-bond donors (Lipinski definition) is 2. The van der Waals surface area contributed by atoms with Crippen molar-refractivity contribution >= 4 is 5.91 Å². The molecule has 0 bridgehead atoms. The minimum Gasteiger partial charge on any atom is -0.507 e. The van der Waals surface area contributed by atoms with E-state index in [0.717, 1.165) is 6.07 Å². The molecule has 1 amide bonds. The second kappa shape index (κ2) is 4.09. The van der Waals surface area contributed by atoms with E-state index in [0.29, 0.717) is 12.1 Å². The molecule has 1 aromatic rings. The molecule has 0 aliphatic rings. The number of aromatic hydroxyl groups is 1. The van der Waals surface area contributed by atoms with Gasteiger partial charge in [0.2, 0.25) is 0 Å². The van der Waals surface area contributed by atoms with E-state index in [1.165, 1.54) is 13.0 Å². The van der Waals surface area contributed by atoms with Crippen molar-refractivity contribution in [3.63, 3.8) is 0 Å². The number of rotatable bonds is 2. The summed E-state index contributed by atoms with van der Waals surface area (Å²) >= 11 is 0. The normalized spacial score (nSPS) is 9.93. The molecule has 0 aromatic heterocycles. The fourth-order valence-electron chi connectivity index (χ4n) is 1.10. The first kappa shape index (κ1) is 10.5. The number of nitrogens with one attached hydrogen (secondary N) is 1. The SMILES string of the molecule is CCNC(=O)c1cc(F)c(C)cc1O. The highest BCUT2D eigenvalue weighted by Crippen LogP contribution is 2.20. The smallest absolute Gasteiger partial charge is 0.255 e. The molecule has 0 atom stereocenters. The zero-order valence-electron chi connectivity index (χ0n) is 8.10. The summed E-state index contributed by atoms with van der Waals surface area (Å²) in [5.74, 6) is -1.16. The summed E-state index contributed by atoms with van der Waals surface area (Å²) < 4.78 is 13.1. The first-order valence-corrected chi connectivity index (χ1v) is 4.33. The Morgan fingerprint density at radius 2 is 2.21 bits per heavy atom. The van der Waals surface area contributed by atoms with Crippen LogP contribution in [0.1, 0.15) is 22.8 Å². The molecule has 0 spiro atoms. The number of hydrogen-bond acceptors (Lipinski definition) is 2. The summed E-state index contributed by atoms with van der Waals surface area (Å²) in [6.07, 6.45) is 0. The van der Waals surface area contributed by atoms with Gasteiger partial charge in [0.25, 0.3) is 5.91 Å². The molecule has 76 valence electrons. The van der Waals surface area contributed by atoms with Gasteiger partial charge in [0.15, 0.2) is 0 Å². The highest BCUT2D eigenvalue weighted by Gasteiger charge is 2.12. The van der Waals surface area contributed by atoms with Crippen molar-refractivity contribution < 1.29 is 14.3 Å². The first-order chi connectivity index (χ1) is 6.56. The highest BCUT2D eigenvalue weighted by atomic mass is 19.1. The van der Waals surface area contributed by atoms with Crippen LogP contribution in [-0.4, -0.2) is 17.6 Å². The Hall–Kier alpha value is -1.58. The van der Waals surface area contributed by atoms with Gasteiger partial charge in [0, 0.05) is 6.54 Å². The summed E-state index contributed by atoms with van der Waals surface area (Å²) in [6, 6.07) is 2.27. The van der Waals surface area contributed by atoms with Crippen molar-refractivity contribution in [2.45, 2.75) is 13.8 Å². The minimum absolute atomic E-state index is 0.0325. The van der Waals surface area contributed by atoms with Gasteiger partial charge in [0.05, 0.1) is 5.56 Å². The lowest BCUT2D eigenvalue weighted by Gasteiger charge is -2.06. The van der Waals surface area contributed by atoms with Crippen molar-refractivity contribution in [1.82, 2.24) is 5.32 Å². The molecule has 0 heterocycles. The van der Waals surface area contributed by atoms with Gasteiger partial charge in [-0.15, -0.1) is 0 Å². The van der Waals surface area contributed by atoms with E-state index in [1.54, 1.807) is 6.92 Å². The van der Waals surface area contributed by atoms with Gasteiger partial charge in [-0.3, -0.25) is 4.79 Å². The van der Waals surface area contributed by atoms with Crippen LogP contribution in [0.15, 0.2) is 12.1 Å². The molecule has 0 fully saturated rings. The van der Waals surface area contributed by atoms with Crippen molar-refractivity contribution in [2.75, 3.05) is 6.54 Å². The third kappa shape index (κ3) is 2.02. The number of phenols is 1. The second-order valence-corrected chi connectivity index (χ2v) is 2.98. The molecular weight excluding hydrogens is 185 g/mol. The zero-order valence-corrected chi connectivity index (χ0v) is 8.10. The summed E-state index contributed by atoms with van der Waals surface area (Å²) in [4.78, 5) is 11.3. The van der Waals surface area contributed by atoms with E-state index in [2.05, 4.69) is 5.32 Å². The number of aryl methyl sites for hydroxylation is 1. The van der Waals surface area contributed by atoms with Crippen LogP contribution in [0.25, 0.3) is 0 Å². The summed E-state index contributed by atoms with van der Waals surface area (Å²) in [7, 11) is 0. The molecule has 4 heteroatoms. The quantitative estimate of drug-likeness (QED) is 0.756.